The van der Waals surface area contributed by atoms with Gasteiger partial charge in [0.2, 0.25) is 5.91 Å². The highest BCUT2D eigenvalue weighted by Crippen LogP contribution is 2.30. The van der Waals surface area contributed by atoms with E-state index in [1.165, 1.54) is 0 Å². The number of nitrogens with two attached hydrogens (primary N) is 1. The molecule has 7 heteroatoms. The molecule has 0 aliphatic carbocycles. The number of rotatable bonds is 14. The Bertz CT molecular complexity index is 1030. The lowest BCUT2D eigenvalue weighted by Gasteiger charge is -2.25. The molecule has 0 saturated carbocycles. The summed E-state index contributed by atoms with van der Waals surface area (Å²) in [6, 6.07) is 15.6. The van der Waals surface area contributed by atoms with Crippen molar-refractivity contribution in [2.45, 2.75) is 64.1 Å². The van der Waals surface area contributed by atoms with Crippen LogP contribution in [0.1, 0.15) is 44.7 Å². The van der Waals surface area contributed by atoms with Crippen LogP contribution in [0.25, 0.3) is 0 Å². The highest BCUT2D eigenvalue weighted by atomic mass is 16.6. The minimum Gasteiger partial charge on any atom is -0.497 e. The number of Topliss-reactive ketones (excluding diaryl/α,β-unsaturated/α-hetero) is 2. The molecule has 1 aliphatic rings. The SMILES string of the molecule is COc1ccc(C[C@H](N)C(=O)C[C@@H](Cc2ccccc2)C(=O)N[C@@H](CC(C)C)C(=O)[C@@]2(C)CO2)cc1. The molecule has 0 unspecified atom stereocenters. The lowest BCUT2D eigenvalue weighted by Crippen LogP contribution is -2.49. The Balaban J connectivity index is 1.72. The van der Waals surface area contributed by atoms with Gasteiger partial charge in [-0.3, -0.25) is 14.4 Å². The monoisotopic (exact) mass is 494 g/mol. The fourth-order valence-electron chi connectivity index (χ4n) is 4.29. The molecule has 1 fully saturated rings. The summed E-state index contributed by atoms with van der Waals surface area (Å²) in [6.45, 7) is 6.12. The molecule has 0 bridgehead atoms. The van der Waals surface area contributed by atoms with Crippen molar-refractivity contribution < 1.29 is 23.9 Å². The van der Waals surface area contributed by atoms with Crippen LogP contribution in [0.3, 0.4) is 0 Å². The first kappa shape index (κ1) is 27.6. The van der Waals surface area contributed by atoms with Gasteiger partial charge in [-0.15, -0.1) is 0 Å². The van der Waals surface area contributed by atoms with Gasteiger partial charge in [-0.2, -0.15) is 0 Å². The average molecular weight is 495 g/mol. The van der Waals surface area contributed by atoms with E-state index in [-0.39, 0.29) is 29.8 Å². The van der Waals surface area contributed by atoms with Crippen LogP contribution in [-0.4, -0.2) is 48.9 Å². The first-order valence-corrected chi connectivity index (χ1v) is 12.5. The lowest BCUT2D eigenvalue weighted by molar-refractivity contribution is -0.134. The number of methoxy groups -OCH3 is 1. The summed E-state index contributed by atoms with van der Waals surface area (Å²) >= 11 is 0. The normalized spacial score (nSPS) is 19.3. The quantitative estimate of drug-likeness (QED) is 0.390. The maximum Gasteiger partial charge on any atom is 0.224 e. The highest BCUT2D eigenvalue weighted by Gasteiger charge is 2.50. The lowest BCUT2D eigenvalue weighted by atomic mass is 9.88. The fourth-order valence-corrected chi connectivity index (χ4v) is 4.29. The van der Waals surface area contributed by atoms with Gasteiger partial charge in [0, 0.05) is 12.3 Å². The smallest absolute Gasteiger partial charge is 0.224 e. The number of hydrogen-bond acceptors (Lipinski definition) is 6. The Labute approximate surface area is 213 Å². The Morgan fingerprint density at radius 2 is 1.64 bits per heavy atom. The summed E-state index contributed by atoms with van der Waals surface area (Å²) in [5.74, 6) is -0.330. The summed E-state index contributed by atoms with van der Waals surface area (Å²) in [7, 11) is 1.60. The molecule has 1 saturated heterocycles. The molecular formula is C29H38N2O5. The zero-order valence-corrected chi connectivity index (χ0v) is 21.7. The molecule has 3 N–H and O–H groups in total. The van der Waals surface area contributed by atoms with Crippen molar-refractivity contribution >= 4 is 17.5 Å². The van der Waals surface area contributed by atoms with Gasteiger partial charge in [0.05, 0.1) is 25.8 Å². The first-order valence-electron chi connectivity index (χ1n) is 12.5. The number of hydrogen-bond donors (Lipinski definition) is 2. The van der Waals surface area contributed by atoms with E-state index < -0.39 is 23.6 Å². The van der Waals surface area contributed by atoms with E-state index in [0.717, 1.165) is 16.9 Å². The summed E-state index contributed by atoms with van der Waals surface area (Å²) in [6.07, 6.45) is 1.25. The van der Waals surface area contributed by atoms with Crippen LogP contribution in [0, 0.1) is 11.8 Å². The number of epoxide rings is 1. The molecule has 7 nitrogen and oxygen atoms in total. The predicted molar refractivity (Wildman–Crippen MR) is 139 cm³/mol. The molecule has 0 spiro atoms. The zero-order chi connectivity index (χ0) is 26.3. The van der Waals surface area contributed by atoms with E-state index >= 15 is 0 Å². The number of carbonyl (C=O) groups is 3. The van der Waals surface area contributed by atoms with Crippen LogP contribution in [0.15, 0.2) is 54.6 Å². The standard InChI is InChI=1S/C29H38N2O5/c1-19(2)14-25(27(33)29(3)18-36-29)31-28(34)22(15-20-8-6-5-7-9-20)17-26(32)24(30)16-21-10-12-23(35-4)13-11-21/h5-13,19,22,24-25H,14-18,30H2,1-4H3,(H,31,34)/t22-,24+,25+,29-/m1/s1. The minimum atomic E-state index is -0.835. The van der Waals surface area contributed by atoms with Crippen LogP contribution >= 0.6 is 0 Å². The molecular weight excluding hydrogens is 456 g/mol. The number of carbonyl (C=O) groups excluding carboxylic acids is 3. The van der Waals surface area contributed by atoms with Crippen LogP contribution in [-0.2, 0) is 32.0 Å². The fraction of sp³-hybridized carbons (Fsp3) is 0.483. The van der Waals surface area contributed by atoms with Crippen LogP contribution in [0.2, 0.25) is 0 Å². The van der Waals surface area contributed by atoms with Crippen molar-refractivity contribution in [2.24, 2.45) is 17.6 Å². The zero-order valence-electron chi connectivity index (χ0n) is 21.7. The van der Waals surface area contributed by atoms with Crippen molar-refractivity contribution in [3.8, 4) is 5.75 Å². The molecule has 1 amide bonds. The molecule has 194 valence electrons. The minimum absolute atomic E-state index is 0.00555. The van der Waals surface area contributed by atoms with Crippen molar-refractivity contribution in [2.75, 3.05) is 13.7 Å². The maximum absolute atomic E-state index is 13.5. The molecule has 0 aromatic heterocycles. The Hall–Kier alpha value is -3.03. The van der Waals surface area contributed by atoms with Gasteiger partial charge < -0.3 is 20.5 Å². The van der Waals surface area contributed by atoms with E-state index in [0.29, 0.717) is 25.9 Å². The highest BCUT2D eigenvalue weighted by molar-refractivity contribution is 5.97. The Morgan fingerprint density at radius 1 is 1.03 bits per heavy atom. The van der Waals surface area contributed by atoms with Crippen molar-refractivity contribution in [1.82, 2.24) is 5.32 Å². The first-order chi connectivity index (χ1) is 17.1. The van der Waals surface area contributed by atoms with Gasteiger partial charge in [0.1, 0.15) is 11.4 Å². The van der Waals surface area contributed by atoms with Gasteiger partial charge >= 0.3 is 0 Å². The van der Waals surface area contributed by atoms with E-state index in [9.17, 15) is 14.4 Å². The second-order valence-corrected chi connectivity index (χ2v) is 10.3. The maximum atomic E-state index is 13.5. The number of amides is 1. The third-order valence-corrected chi connectivity index (χ3v) is 6.61. The van der Waals surface area contributed by atoms with Gasteiger partial charge in [0.15, 0.2) is 11.6 Å². The molecule has 0 radical (unpaired) electrons. The molecule has 2 aromatic carbocycles. The van der Waals surface area contributed by atoms with Crippen molar-refractivity contribution in [1.29, 1.82) is 0 Å². The number of nitrogens with one attached hydrogen (secondary N) is 1. The average Bonchev–Trinajstić information content (AvgIpc) is 3.61. The van der Waals surface area contributed by atoms with Gasteiger partial charge in [0.25, 0.3) is 0 Å². The second-order valence-electron chi connectivity index (χ2n) is 10.3. The molecule has 4 atom stereocenters. The van der Waals surface area contributed by atoms with E-state index in [1.54, 1.807) is 14.0 Å². The largest absolute Gasteiger partial charge is 0.497 e. The van der Waals surface area contributed by atoms with Crippen LogP contribution in [0.5, 0.6) is 5.75 Å². The van der Waals surface area contributed by atoms with E-state index in [1.807, 2.05) is 68.4 Å². The molecule has 1 heterocycles. The predicted octanol–water partition coefficient (Wildman–Crippen LogP) is 3.27. The molecule has 36 heavy (non-hydrogen) atoms. The van der Waals surface area contributed by atoms with Crippen LogP contribution in [0.4, 0.5) is 0 Å². The van der Waals surface area contributed by atoms with Crippen LogP contribution < -0.4 is 15.8 Å². The molecule has 1 aliphatic heterocycles. The van der Waals surface area contributed by atoms with E-state index in [4.69, 9.17) is 15.2 Å². The summed E-state index contributed by atoms with van der Waals surface area (Å²) in [5.41, 5.74) is 7.28. The topological polar surface area (TPSA) is 111 Å². The van der Waals surface area contributed by atoms with Gasteiger partial charge in [-0.1, -0.05) is 56.3 Å². The van der Waals surface area contributed by atoms with Crippen molar-refractivity contribution in [3.63, 3.8) is 0 Å². The number of benzene rings is 2. The Kier molecular flexibility index (Phi) is 9.40. The van der Waals surface area contributed by atoms with E-state index in [2.05, 4.69) is 5.32 Å². The Morgan fingerprint density at radius 3 is 2.19 bits per heavy atom. The third kappa shape index (κ3) is 7.73. The number of ether oxygens (including phenoxy) is 2. The third-order valence-electron chi connectivity index (χ3n) is 6.61. The summed E-state index contributed by atoms with van der Waals surface area (Å²) in [5, 5.41) is 2.95. The van der Waals surface area contributed by atoms with Gasteiger partial charge in [-0.05, 0) is 55.4 Å². The molecule has 2 aromatic rings. The van der Waals surface area contributed by atoms with Gasteiger partial charge in [-0.25, -0.2) is 0 Å². The number of ketones is 2. The van der Waals surface area contributed by atoms with Crippen molar-refractivity contribution in [3.05, 3.63) is 65.7 Å². The summed E-state index contributed by atoms with van der Waals surface area (Å²) in [4.78, 5) is 39.6. The second kappa shape index (κ2) is 12.3. The molecule has 3 rings (SSSR count). The summed E-state index contributed by atoms with van der Waals surface area (Å²) < 4.78 is 10.5.